The van der Waals surface area contributed by atoms with Crippen molar-refractivity contribution in [3.05, 3.63) is 0 Å². The molecule has 2 aliphatic rings. The van der Waals surface area contributed by atoms with Crippen LogP contribution in [-0.4, -0.2) is 79.1 Å². The van der Waals surface area contributed by atoms with Crippen LogP contribution in [0.25, 0.3) is 0 Å². The lowest BCUT2D eigenvalue weighted by molar-refractivity contribution is -0.152. The standard InChI is InChI=1S/C21H34N4O7/c1-20(2,3)32-19(30)24-21(18(29)31-4)7-9-25(10-8-21)16(27)12-22-17(28)15(23-13-26)11-14-5-6-14/h13-15H,5-12H2,1-4H3,(H,22,28)(H,23,26)(H,24,30). The third-order valence-electron chi connectivity index (χ3n) is 5.55. The lowest BCUT2D eigenvalue weighted by atomic mass is 9.87. The lowest BCUT2D eigenvalue weighted by Crippen LogP contribution is -2.62. The fourth-order valence-corrected chi connectivity index (χ4v) is 3.63. The first-order valence-corrected chi connectivity index (χ1v) is 10.8. The molecule has 2 fully saturated rings. The number of carbonyl (C=O) groups excluding carboxylic acids is 5. The molecular formula is C21H34N4O7. The molecule has 0 radical (unpaired) electrons. The van der Waals surface area contributed by atoms with E-state index >= 15 is 0 Å². The topological polar surface area (TPSA) is 143 Å². The Morgan fingerprint density at radius 3 is 2.28 bits per heavy atom. The van der Waals surface area contributed by atoms with E-state index in [1.807, 2.05) is 0 Å². The largest absolute Gasteiger partial charge is 0.467 e. The van der Waals surface area contributed by atoms with Crippen LogP contribution in [0.15, 0.2) is 0 Å². The zero-order valence-corrected chi connectivity index (χ0v) is 19.2. The molecule has 4 amide bonds. The minimum atomic E-state index is -1.29. The van der Waals surface area contributed by atoms with E-state index in [4.69, 9.17) is 9.47 Å². The van der Waals surface area contributed by atoms with Crippen molar-refractivity contribution in [2.75, 3.05) is 26.7 Å². The smallest absolute Gasteiger partial charge is 0.408 e. The molecule has 1 aliphatic heterocycles. The van der Waals surface area contributed by atoms with E-state index in [-0.39, 0.29) is 38.4 Å². The monoisotopic (exact) mass is 454 g/mol. The highest BCUT2D eigenvalue weighted by atomic mass is 16.6. The fourth-order valence-electron chi connectivity index (χ4n) is 3.63. The third-order valence-corrected chi connectivity index (χ3v) is 5.55. The molecular weight excluding hydrogens is 420 g/mol. The Hall–Kier alpha value is -2.85. The van der Waals surface area contributed by atoms with Gasteiger partial charge in [-0.15, -0.1) is 0 Å². The highest BCUT2D eigenvalue weighted by molar-refractivity contribution is 5.89. The van der Waals surface area contributed by atoms with E-state index < -0.39 is 35.2 Å². The Morgan fingerprint density at radius 2 is 1.78 bits per heavy atom. The van der Waals surface area contributed by atoms with Crippen molar-refractivity contribution in [3.8, 4) is 0 Å². The molecule has 1 heterocycles. The van der Waals surface area contributed by atoms with Gasteiger partial charge in [-0.3, -0.25) is 14.4 Å². The van der Waals surface area contributed by atoms with Gasteiger partial charge in [-0.25, -0.2) is 9.59 Å². The molecule has 32 heavy (non-hydrogen) atoms. The molecule has 0 aromatic heterocycles. The van der Waals surface area contributed by atoms with Gasteiger partial charge >= 0.3 is 12.1 Å². The van der Waals surface area contributed by atoms with Crippen molar-refractivity contribution in [1.82, 2.24) is 20.9 Å². The summed E-state index contributed by atoms with van der Waals surface area (Å²) in [5.74, 6) is -0.887. The number of nitrogens with zero attached hydrogens (tertiary/aromatic N) is 1. The maximum atomic E-state index is 12.6. The predicted octanol–water partition coefficient (Wildman–Crippen LogP) is 0.0762. The Labute approximate surface area is 187 Å². The number of nitrogens with one attached hydrogen (secondary N) is 3. The van der Waals surface area contributed by atoms with Crippen LogP contribution in [0.5, 0.6) is 0 Å². The summed E-state index contributed by atoms with van der Waals surface area (Å²) in [7, 11) is 1.24. The molecule has 3 N–H and O–H groups in total. The summed E-state index contributed by atoms with van der Waals surface area (Å²) in [6, 6.07) is -0.654. The minimum absolute atomic E-state index is 0.148. The van der Waals surface area contributed by atoms with Crippen LogP contribution in [0.3, 0.4) is 0 Å². The number of carbonyl (C=O) groups is 5. The van der Waals surface area contributed by atoms with E-state index in [1.165, 1.54) is 12.0 Å². The van der Waals surface area contributed by atoms with Gasteiger partial charge in [0.15, 0.2) is 0 Å². The van der Waals surface area contributed by atoms with Crippen molar-refractivity contribution in [2.24, 2.45) is 5.92 Å². The molecule has 2 rings (SSSR count). The highest BCUT2D eigenvalue weighted by Gasteiger charge is 2.45. The van der Waals surface area contributed by atoms with Gasteiger partial charge in [0.2, 0.25) is 18.2 Å². The molecule has 180 valence electrons. The number of hydrogen-bond donors (Lipinski definition) is 3. The van der Waals surface area contributed by atoms with Crippen molar-refractivity contribution >= 4 is 30.3 Å². The summed E-state index contributed by atoms with van der Waals surface area (Å²) in [5, 5.41) is 7.70. The van der Waals surface area contributed by atoms with Crippen LogP contribution in [0.2, 0.25) is 0 Å². The number of hydrogen-bond acceptors (Lipinski definition) is 7. The SMILES string of the molecule is COC(=O)C1(NC(=O)OC(C)(C)C)CCN(C(=O)CNC(=O)C(CC2CC2)NC=O)CC1. The van der Waals surface area contributed by atoms with Crippen LogP contribution in [-0.2, 0) is 28.7 Å². The molecule has 1 unspecified atom stereocenters. The Kier molecular flexibility index (Phi) is 8.45. The molecule has 11 nitrogen and oxygen atoms in total. The maximum Gasteiger partial charge on any atom is 0.408 e. The fraction of sp³-hybridized carbons (Fsp3) is 0.762. The lowest BCUT2D eigenvalue weighted by Gasteiger charge is -2.40. The Morgan fingerprint density at radius 1 is 1.16 bits per heavy atom. The zero-order valence-electron chi connectivity index (χ0n) is 19.2. The first-order valence-electron chi connectivity index (χ1n) is 10.8. The maximum absolute atomic E-state index is 12.6. The van der Waals surface area contributed by atoms with E-state index in [0.29, 0.717) is 18.7 Å². The van der Waals surface area contributed by atoms with Crippen LogP contribution in [0.4, 0.5) is 4.79 Å². The second-order valence-corrected chi connectivity index (χ2v) is 9.32. The van der Waals surface area contributed by atoms with Crippen molar-refractivity contribution in [3.63, 3.8) is 0 Å². The predicted molar refractivity (Wildman–Crippen MR) is 113 cm³/mol. The average molecular weight is 455 g/mol. The number of rotatable bonds is 9. The molecule has 0 aromatic carbocycles. The molecule has 0 aromatic rings. The third kappa shape index (κ3) is 7.38. The van der Waals surface area contributed by atoms with Crippen LogP contribution in [0.1, 0.15) is 52.9 Å². The number of ether oxygens (including phenoxy) is 2. The first kappa shape index (κ1) is 25.4. The number of amides is 4. The van der Waals surface area contributed by atoms with E-state index in [9.17, 15) is 24.0 Å². The quantitative estimate of drug-likeness (QED) is 0.331. The summed E-state index contributed by atoms with van der Waals surface area (Å²) >= 11 is 0. The molecule has 0 spiro atoms. The van der Waals surface area contributed by atoms with Crippen LogP contribution >= 0.6 is 0 Å². The Balaban J connectivity index is 1.89. The Bertz CT molecular complexity index is 722. The molecule has 1 aliphatic carbocycles. The minimum Gasteiger partial charge on any atom is -0.467 e. The zero-order chi connectivity index (χ0) is 23.9. The molecule has 1 saturated carbocycles. The molecule has 1 saturated heterocycles. The summed E-state index contributed by atoms with van der Waals surface area (Å²) in [6.07, 6.45) is 2.68. The van der Waals surface area contributed by atoms with Crippen molar-refractivity contribution in [2.45, 2.75) is 70.1 Å². The summed E-state index contributed by atoms with van der Waals surface area (Å²) in [4.78, 5) is 61.8. The van der Waals surface area contributed by atoms with Gasteiger partial charge in [0, 0.05) is 13.1 Å². The van der Waals surface area contributed by atoms with E-state index in [2.05, 4.69) is 16.0 Å². The average Bonchev–Trinajstić information content (AvgIpc) is 3.54. The number of methoxy groups -OCH3 is 1. The summed E-state index contributed by atoms with van der Waals surface area (Å²) in [5.41, 5.74) is -2.02. The van der Waals surface area contributed by atoms with Gasteiger partial charge in [0.05, 0.1) is 13.7 Å². The number of alkyl carbamates (subject to hydrolysis) is 1. The van der Waals surface area contributed by atoms with Crippen molar-refractivity contribution < 1.29 is 33.4 Å². The summed E-state index contributed by atoms with van der Waals surface area (Å²) in [6.45, 7) is 5.31. The van der Waals surface area contributed by atoms with Crippen LogP contribution < -0.4 is 16.0 Å². The number of likely N-dealkylation sites (tertiary alicyclic amines) is 1. The van der Waals surface area contributed by atoms with E-state index in [0.717, 1.165) is 12.8 Å². The highest BCUT2D eigenvalue weighted by Crippen LogP contribution is 2.33. The number of esters is 1. The molecule has 0 bridgehead atoms. The normalized spacial score (nSPS) is 18.7. The van der Waals surface area contributed by atoms with Gasteiger partial charge < -0.3 is 30.3 Å². The molecule has 11 heteroatoms. The summed E-state index contributed by atoms with van der Waals surface area (Å²) < 4.78 is 10.1. The van der Waals surface area contributed by atoms with Crippen LogP contribution in [0, 0.1) is 5.92 Å². The second-order valence-electron chi connectivity index (χ2n) is 9.32. The first-order chi connectivity index (χ1) is 15.0. The number of piperidine rings is 1. The van der Waals surface area contributed by atoms with Gasteiger partial charge in [-0.05, 0) is 46.0 Å². The second kappa shape index (κ2) is 10.6. The van der Waals surface area contributed by atoms with Gasteiger partial charge in [-0.1, -0.05) is 12.8 Å². The molecule has 1 atom stereocenters. The van der Waals surface area contributed by atoms with Gasteiger partial charge in [0.1, 0.15) is 17.2 Å². The van der Waals surface area contributed by atoms with Crippen molar-refractivity contribution in [1.29, 1.82) is 0 Å². The van der Waals surface area contributed by atoms with E-state index in [1.54, 1.807) is 20.8 Å². The van der Waals surface area contributed by atoms with Gasteiger partial charge in [-0.2, -0.15) is 0 Å². The van der Waals surface area contributed by atoms with Gasteiger partial charge in [0.25, 0.3) is 0 Å².